The van der Waals surface area contributed by atoms with Crippen molar-refractivity contribution >= 4 is 35.2 Å². The van der Waals surface area contributed by atoms with Gasteiger partial charge in [0.2, 0.25) is 5.91 Å². The molecule has 0 saturated heterocycles. The van der Waals surface area contributed by atoms with Crippen LogP contribution in [0.4, 0.5) is 0 Å². The van der Waals surface area contributed by atoms with Gasteiger partial charge in [-0.2, -0.15) is 0 Å². The highest BCUT2D eigenvalue weighted by molar-refractivity contribution is 7.63. The van der Waals surface area contributed by atoms with Gasteiger partial charge in [0.15, 0.2) is 0 Å². The molecule has 119 valence electrons. The third-order valence-electron chi connectivity index (χ3n) is 5.54. The van der Waals surface area contributed by atoms with Crippen LogP contribution in [0, 0.1) is 0 Å². The molecule has 0 aliphatic heterocycles. The topological polar surface area (TPSA) is 29.1 Å². The van der Waals surface area contributed by atoms with Crippen molar-refractivity contribution in [2.45, 2.75) is 52.6 Å². The van der Waals surface area contributed by atoms with E-state index in [-0.39, 0.29) is 14.2 Å². The van der Waals surface area contributed by atoms with Crippen molar-refractivity contribution in [3.8, 4) is 0 Å². The zero-order valence-corrected chi connectivity index (χ0v) is 17.9. The van der Waals surface area contributed by atoms with Crippen molar-refractivity contribution in [3.05, 3.63) is 40.5 Å². The van der Waals surface area contributed by atoms with E-state index < -0.39 is 14.9 Å². The molecule has 0 heterocycles. The first-order valence-corrected chi connectivity index (χ1v) is 18.5. The Morgan fingerprint density at radius 2 is 1.82 bits per heavy atom. The second kappa shape index (κ2) is 5.94. The zero-order chi connectivity index (χ0) is 16.7. The minimum atomic E-state index is -1.73. The van der Waals surface area contributed by atoms with Gasteiger partial charge in [0.25, 0.3) is 0 Å². The molecule has 0 spiro atoms. The third kappa shape index (κ3) is 3.07. The Kier molecular flexibility index (Phi) is 4.71. The van der Waals surface area contributed by atoms with Gasteiger partial charge in [0.05, 0.1) is 7.11 Å². The molecule has 5 heteroatoms. The van der Waals surface area contributed by atoms with Crippen LogP contribution < -0.4 is 4.98 Å². The predicted molar refractivity (Wildman–Crippen MR) is 104 cm³/mol. The lowest BCUT2D eigenvalue weighted by molar-refractivity contribution is 0.0978. The van der Waals surface area contributed by atoms with Gasteiger partial charge in [-0.15, -0.1) is 0 Å². The third-order valence-corrected chi connectivity index (χ3v) is 39.4. The number of hydrogen-bond donors (Lipinski definition) is 1. The Hall–Kier alpha value is -0.919. The summed E-state index contributed by atoms with van der Waals surface area (Å²) < 4.78 is 0. The fourth-order valence-corrected chi connectivity index (χ4v) is 22.0. The molecule has 0 fully saturated rings. The molecular weight excluding hydrogens is 318 g/mol. The van der Waals surface area contributed by atoms with Crippen molar-refractivity contribution in [2.75, 3.05) is 0 Å². The monoisotopic (exact) mass is 346 g/mol. The summed E-state index contributed by atoms with van der Waals surface area (Å²) in [5, 5.41) is 0. The average Bonchev–Trinajstić information content (AvgIpc) is 2.77. The molecule has 2 nitrogen and oxygen atoms in total. The van der Waals surface area contributed by atoms with Gasteiger partial charge in [-0.3, -0.25) is 4.79 Å². The maximum Gasteiger partial charge on any atom is 0.243 e. The Bertz CT molecular complexity index is 633. The molecule has 0 atom stereocenters. The second-order valence-corrected chi connectivity index (χ2v) is 32.2. The SMILES string of the molecule is CC1=Cc2c(cccc2C(=O)N[Si](C)(C)[Si](C)(C)[Si](C)C)C1. The van der Waals surface area contributed by atoms with Gasteiger partial charge in [0, 0.05) is 13.9 Å². The first kappa shape index (κ1) is 17.4. The van der Waals surface area contributed by atoms with Crippen LogP contribution in [0.5, 0.6) is 0 Å². The summed E-state index contributed by atoms with van der Waals surface area (Å²) >= 11 is 0. The molecule has 0 saturated carbocycles. The van der Waals surface area contributed by atoms with E-state index in [1.807, 2.05) is 12.1 Å². The lowest BCUT2D eigenvalue weighted by Crippen LogP contribution is -2.71. The number of benzene rings is 1. The fourth-order valence-electron chi connectivity index (χ4n) is 2.87. The number of rotatable bonds is 4. The van der Waals surface area contributed by atoms with Crippen LogP contribution in [0.1, 0.15) is 28.4 Å². The number of carbonyl (C=O) groups is 1. The van der Waals surface area contributed by atoms with Gasteiger partial charge in [0.1, 0.15) is 7.75 Å². The lowest BCUT2D eigenvalue weighted by atomic mass is 10.0. The van der Waals surface area contributed by atoms with E-state index in [1.165, 1.54) is 11.1 Å². The maximum absolute atomic E-state index is 12.9. The molecule has 22 heavy (non-hydrogen) atoms. The highest BCUT2D eigenvalue weighted by Crippen LogP contribution is 2.28. The highest BCUT2D eigenvalue weighted by atomic mass is 29.6. The van der Waals surface area contributed by atoms with Crippen LogP contribution in [0.25, 0.3) is 6.08 Å². The molecule has 1 radical (unpaired) electrons. The van der Waals surface area contributed by atoms with Crippen molar-refractivity contribution < 1.29 is 4.79 Å². The highest BCUT2D eigenvalue weighted by Gasteiger charge is 2.45. The van der Waals surface area contributed by atoms with Crippen molar-refractivity contribution in [1.29, 1.82) is 0 Å². The van der Waals surface area contributed by atoms with Crippen molar-refractivity contribution in [3.63, 3.8) is 0 Å². The summed E-state index contributed by atoms with van der Waals surface area (Å²) in [6, 6.07) is 6.14. The van der Waals surface area contributed by atoms with Gasteiger partial charge >= 0.3 is 0 Å². The molecule has 1 amide bonds. The first-order chi connectivity index (χ1) is 10.1. The normalized spacial score (nSPS) is 14.8. The molecule has 0 bridgehead atoms. The molecule has 1 aromatic rings. The van der Waals surface area contributed by atoms with Crippen LogP contribution in [-0.4, -0.2) is 29.1 Å². The standard InChI is InChI=1S/C17H28NOSi3/c1-13-11-14-9-8-10-15(16(14)12-13)17(19)18-21(4,5)22(6,7)20(2)3/h8-10,12H,11H2,1-7H3,(H,18,19). The molecule has 0 unspecified atom stereocenters. The average molecular weight is 347 g/mol. The van der Waals surface area contributed by atoms with E-state index in [9.17, 15) is 4.79 Å². The fraction of sp³-hybridized carbons (Fsp3) is 0.471. The number of amides is 1. The molecule has 1 aliphatic carbocycles. The summed E-state index contributed by atoms with van der Waals surface area (Å²) in [5.41, 5.74) is 4.63. The van der Waals surface area contributed by atoms with Crippen LogP contribution >= 0.6 is 0 Å². The van der Waals surface area contributed by atoms with E-state index in [4.69, 9.17) is 0 Å². The Labute approximate surface area is 138 Å². The Morgan fingerprint density at radius 3 is 2.41 bits per heavy atom. The minimum absolute atomic E-state index is 0.142. The first-order valence-electron chi connectivity index (χ1n) is 7.98. The van der Waals surface area contributed by atoms with Gasteiger partial charge in [-0.1, -0.05) is 63.1 Å². The number of allylic oxidation sites excluding steroid dienone is 1. The molecule has 1 aromatic carbocycles. The van der Waals surface area contributed by atoms with Gasteiger partial charge in [-0.05, 0) is 30.5 Å². The van der Waals surface area contributed by atoms with E-state index in [0.29, 0.717) is 0 Å². The summed E-state index contributed by atoms with van der Waals surface area (Å²) in [7, 11) is -3.42. The Morgan fingerprint density at radius 1 is 1.18 bits per heavy atom. The summed E-state index contributed by atoms with van der Waals surface area (Å²) in [6.45, 7) is 16.6. The van der Waals surface area contributed by atoms with E-state index in [2.05, 4.69) is 63.3 Å². The van der Waals surface area contributed by atoms with Gasteiger partial charge in [-0.25, -0.2) is 0 Å². The van der Waals surface area contributed by atoms with E-state index >= 15 is 0 Å². The smallest absolute Gasteiger partial charge is 0.243 e. The quantitative estimate of drug-likeness (QED) is 0.813. The van der Waals surface area contributed by atoms with Crippen LogP contribution in [0.15, 0.2) is 23.8 Å². The van der Waals surface area contributed by atoms with Crippen molar-refractivity contribution in [2.24, 2.45) is 0 Å². The summed E-state index contributed by atoms with van der Waals surface area (Å²) in [5.74, 6) is 0.142. The van der Waals surface area contributed by atoms with Crippen LogP contribution in [-0.2, 0) is 6.42 Å². The van der Waals surface area contributed by atoms with Crippen LogP contribution in [0.2, 0.25) is 39.3 Å². The summed E-state index contributed by atoms with van der Waals surface area (Å²) in [4.78, 5) is 16.4. The van der Waals surface area contributed by atoms with E-state index in [0.717, 1.165) is 17.5 Å². The van der Waals surface area contributed by atoms with Crippen LogP contribution in [0.3, 0.4) is 0 Å². The Balaban J connectivity index is 2.30. The molecular formula is C17H28NOSi3. The number of carbonyl (C=O) groups excluding carboxylic acids is 1. The predicted octanol–water partition coefficient (Wildman–Crippen LogP) is 4.20. The summed E-state index contributed by atoms with van der Waals surface area (Å²) in [6.07, 6.45) is 3.16. The zero-order valence-electron chi connectivity index (χ0n) is 14.9. The number of hydrogen-bond acceptors (Lipinski definition) is 1. The number of nitrogens with one attached hydrogen (secondary N) is 1. The molecule has 1 aliphatic rings. The maximum atomic E-state index is 12.9. The molecule has 1 N–H and O–H groups in total. The van der Waals surface area contributed by atoms with Crippen molar-refractivity contribution in [1.82, 2.24) is 4.98 Å². The largest absolute Gasteiger partial charge is 0.381 e. The minimum Gasteiger partial charge on any atom is -0.381 e. The second-order valence-electron chi connectivity index (χ2n) is 7.75. The molecule has 0 aromatic heterocycles. The number of fused-ring (bicyclic) bond motifs is 1. The van der Waals surface area contributed by atoms with Gasteiger partial charge < -0.3 is 4.98 Å². The van der Waals surface area contributed by atoms with E-state index in [1.54, 1.807) is 0 Å². The molecule has 2 rings (SSSR count). The lowest BCUT2D eigenvalue weighted by Gasteiger charge is -2.41.